The summed E-state index contributed by atoms with van der Waals surface area (Å²) in [5, 5.41) is 8.78. The Morgan fingerprint density at radius 2 is 1.92 bits per heavy atom. The van der Waals surface area contributed by atoms with E-state index in [1.54, 1.807) is 0 Å². The molecule has 25 heavy (non-hydrogen) atoms. The largest absolute Gasteiger partial charge is 0.342 e. The molecule has 5 heteroatoms. The van der Waals surface area contributed by atoms with Crippen molar-refractivity contribution in [3.05, 3.63) is 47.5 Å². The van der Waals surface area contributed by atoms with Crippen LogP contribution >= 0.6 is 0 Å². The van der Waals surface area contributed by atoms with Crippen molar-refractivity contribution in [2.45, 2.75) is 57.4 Å². The minimum absolute atomic E-state index is 0.0184. The lowest BCUT2D eigenvalue weighted by molar-refractivity contribution is -0.134. The van der Waals surface area contributed by atoms with E-state index in [-0.39, 0.29) is 11.8 Å². The number of aryl methyl sites for hydroxylation is 1. The van der Waals surface area contributed by atoms with Crippen LogP contribution in [0.2, 0.25) is 0 Å². The number of rotatable bonds is 4. The lowest BCUT2D eigenvalue weighted by atomic mass is 9.91. The van der Waals surface area contributed by atoms with Crippen LogP contribution in [-0.2, 0) is 17.8 Å². The van der Waals surface area contributed by atoms with E-state index in [9.17, 15) is 4.79 Å². The Morgan fingerprint density at radius 3 is 2.64 bits per heavy atom. The fraction of sp³-hybridized carbons (Fsp3) is 0.550. The Labute approximate surface area is 149 Å². The van der Waals surface area contributed by atoms with Gasteiger partial charge in [-0.2, -0.15) is 0 Å². The quantitative estimate of drug-likeness (QED) is 0.860. The van der Waals surface area contributed by atoms with Crippen LogP contribution in [0.15, 0.2) is 30.3 Å². The topological polar surface area (TPSA) is 51.0 Å². The van der Waals surface area contributed by atoms with E-state index in [1.807, 2.05) is 18.2 Å². The summed E-state index contributed by atoms with van der Waals surface area (Å²) in [5.41, 5.74) is 1.13. The molecule has 2 aromatic rings. The van der Waals surface area contributed by atoms with Crippen molar-refractivity contribution in [3.63, 3.8) is 0 Å². The molecule has 3 heterocycles. The van der Waals surface area contributed by atoms with Gasteiger partial charge in [0, 0.05) is 32.0 Å². The molecule has 1 amide bonds. The van der Waals surface area contributed by atoms with Crippen LogP contribution in [0.25, 0.3) is 0 Å². The maximum Gasteiger partial charge on any atom is 0.230 e. The van der Waals surface area contributed by atoms with Gasteiger partial charge >= 0.3 is 0 Å². The molecule has 0 saturated carbocycles. The first kappa shape index (κ1) is 16.3. The number of aromatic nitrogens is 3. The smallest absolute Gasteiger partial charge is 0.230 e. The number of benzene rings is 1. The zero-order chi connectivity index (χ0) is 17.2. The number of hydrogen-bond acceptors (Lipinski definition) is 3. The van der Waals surface area contributed by atoms with E-state index in [4.69, 9.17) is 0 Å². The van der Waals surface area contributed by atoms with E-state index < -0.39 is 0 Å². The van der Waals surface area contributed by atoms with Gasteiger partial charge in [0.1, 0.15) is 11.6 Å². The van der Waals surface area contributed by atoms with Crippen molar-refractivity contribution in [3.8, 4) is 0 Å². The summed E-state index contributed by atoms with van der Waals surface area (Å²) in [4.78, 5) is 15.1. The molecule has 0 bridgehead atoms. The number of fused-ring (bicyclic) bond motifs is 1. The van der Waals surface area contributed by atoms with Crippen LogP contribution in [0.1, 0.15) is 61.7 Å². The summed E-state index contributed by atoms with van der Waals surface area (Å²) in [7, 11) is 0. The molecule has 1 fully saturated rings. The van der Waals surface area contributed by atoms with Crippen LogP contribution < -0.4 is 0 Å². The lowest BCUT2D eigenvalue weighted by Gasteiger charge is -2.34. The predicted octanol–water partition coefficient (Wildman–Crippen LogP) is 3.12. The van der Waals surface area contributed by atoms with E-state index in [1.165, 1.54) is 6.42 Å². The monoisotopic (exact) mass is 338 g/mol. The van der Waals surface area contributed by atoms with Crippen LogP contribution in [0, 0.1) is 0 Å². The van der Waals surface area contributed by atoms with Gasteiger partial charge in [0.05, 0.1) is 5.92 Å². The molecule has 2 aliphatic rings. The van der Waals surface area contributed by atoms with Crippen molar-refractivity contribution >= 4 is 5.91 Å². The van der Waals surface area contributed by atoms with Gasteiger partial charge in [0.15, 0.2) is 0 Å². The Kier molecular flexibility index (Phi) is 4.55. The van der Waals surface area contributed by atoms with E-state index >= 15 is 0 Å². The molecule has 1 atom stereocenters. The van der Waals surface area contributed by atoms with E-state index in [2.05, 4.69) is 38.7 Å². The lowest BCUT2D eigenvalue weighted by Crippen LogP contribution is -2.41. The highest BCUT2D eigenvalue weighted by Crippen LogP contribution is 2.31. The number of amides is 1. The maximum atomic E-state index is 13.0. The zero-order valence-corrected chi connectivity index (χ0v) is 14.9. The van der Waals surface area contributed by atoms with Gasteiger partial charge < -0.3 is 9.47 Å². The molecule has 132 valence electrons. The number of hydrogen-bond donors (Lipinski definition) is 0. The minimum atomic E-state index is -0.0184. The maximum absolute atomic E-state index is 13.0. The zero-order valence-electron chi connectivity index (χ0n) is 14.9. The first-order valence-electron chi connectivity index (χ1n) is 9.53. The van der Waals surface area contributed by atoms with E-state index in [0.29, 0.717) is 5.92 Å². The number of carbonyl (C=O) groups excluding carboxylic acids is 1. The molecule has 2 aliphatic heterocycles. The normalized spacial score (nSPS) is 19.0. The number of likely N-dealkylation sites (tertiary alicyclic amines) is 1. The fourth-order valence-corrected chi connectivity index (χ4v) is 4.29. The molecule has 0 unspecified atom stereocenters. The first-order chi connectivity index (χ1) is 12.3. The second-order valence-corrected chi connectivity index (χ2v) is 7.20. The van der Waals surface area contributed by atoms with Gasteiger partial charge in [0.2, 0.25) is 5.91 Å². The summed E-state index contributed by atoms with van der Waals surface area (Å²) in [6.45, 7) is 4.81. The highest BCUT2D eigenvalue weighted by atomic mass is 16.2. The van der Waals surface area contributed by atoms with Crippen molar-refractivity contribution in [1.29, 1.82) is 0 Å². The van der Waals surface area contributed by atoms with Crippen molar-refractivity contribution in [1.82, 2.24) is 19.7 Å². The van der Waals surface area contributed by atoms with Gasteiger partial charge in [-0.3, -0.25) is 4.79 Å². The van der Waals surface area contributed by atoms with Crippen molar-refractivity contribution in [2.24, 2.45) is 0 Å². The molecular weight excluding hydrogens is 312 g/mol. The Morgan fingerprint density at radius 1 is 1.16 bits per heavy atom. The van der Waals surface area contributed by atoms with Gasteiger partial charge in [-0.15, -0.1) is 10.2 Å². The SMILES string of the molecule is CC[C@H](C(=O)N1CCC(c2nnc3n2CCC3)CC1)c1ccccc1. The Hall–Kier alpha value is -2.17. The molecule has 5 nitrogen and oxygen atoms in total. The van der Waals surface area contributed by atoms with Gasteiger partial charge in [0.25, 0.3) is 0 Å². The molecule has 0 N–H and O–H groups in total. The Bertz CT molecular complexity index is 731. The highest BCUT2D eigenvalue weighted by Gasteiger charge is 2.31. The third-order valence-corrected chi connectivity index (χ3v) is 5.72. The molecular formula is C20H26N4O. The fourth-order valence-electron chi connectivity index (χ4n) is 4.29. The number of piperidine rings is 1. The van der Waals surface area contributed by atoms with Crippen LogP contribution in [-0.4, -0.2) is 38.7 Å². The number of carbonyl (C=O) groups is 1. The Balaban J connectivity index is 1.42. The van der Waals surface area contributed by atoms with E-state index in [0.717, 1.165) is 62.5 Å². The van der Waals surface area contributed by atoms with Gasteiger partial charge in [-0.05, 0) is 31.2 Å². The van der Waals surface area contributed by atoms with Crippen LogP contribution in [0.4, 0.5) is 0 Å². The molecule has 1 aromatic heterocycles. The molecule has 1 aromatic carbocycles. The summed E-state index contributed by atoms with van der Waals surface area (Å²) in [6.07, 6.45) is 5.08. The average Bonchev–Trinajstić information content (AvgIpc) is 3.27. The third kappa shape index (κ3) is 3.08. The summed E-state index contributed by atoms with van der Waals surface area (Å²) in [5.74, 6) is 2.99. The molecule has 0 spiro atoms. The molecule has 1 saturated heterocycles. The minimum Gasteiger partial charge on any atom is -0.342 e. The average molecular weight is 338 g/mol. The first-order valence-corrected chi connectivity index (χ1v) is 9.53. The molecule has 0 aliphatic carbocycles. The molecule has 4 rings (SSSR count). The van der Waals surface area contributed by atoms with Crippen molar-refractivity contribution in [2.75, 3.05) is 13.1 Å². The summed E-state index contributed by atoms with van der Waals surface area (Å²) >= 11 is 0. The summed E-state index contributed by atoms with van der Waals surface area (Å²) in [6, 6.07) is 10.2. The molecule has 0 radical (unpaired) electrons. The second-order valence-electron chi connectivity index (χ2n) is 7.20. The second kappa shape index (κ2) is 6.98. The standard InChI is InChI=1S/C20H26N4O/c1-2-17(15-7-4-3-5-8-15)20(25)23-13-10-16(11-14-23)19-22-21-18-9-6-12-24(18)19/h3-5,7-8,16-17H,2,6,9-14H2,1H3/t17-/m0/s1. The summed E-state index contributed by atoms with van der Waals surface area (Å²) < 4.78 is 2.31. The number of nitrogens with zero attached hydrogens (tertiary/aromatic N) is 4. The van der Waals surface area contributed by atoms with Crippen LogP contribution in [0.3, 0.4) is 0 Å². The van der Waals surface area contributed by atoms with Crippen molar-refractivity contribution < 1.29 is 4.79 Å². The predicted molar refractivity (Wildman–Crippen MR) is 96.4 cm³/mol. The highest BCUT2D eigenvalue weighted by molar-refractivity contribution is 5.83. The third-order valence-electron chi connectivity index (χ3n) is 5.72. The van der Waals surface area contributed by atoms with Gasteiger partial charge in [-0.25, -0.2) is 0 Å². The van der Waals surface area contributed by atoms with Crippen LogP contribution in [0.5, 0.6) is 0 Å². The van der Waals surface area contributed by atoms with Gasteiger partial charge in [-0.1, -0.05) is 37.3 Å².